The lowest BCUT2D eigenvalue weighted by molar-refractivity contribution is 0.249. The Morgan fingerprint density at radius 1 is 0.714 bits per heavy atom. The molecule has 0 heterocycles. The first-order valence-electron chi connectivity index (χ1n) is 10.0. The Balaban J connectivity index is 0.000000219. The van der Waals surface area contributed by atoms with E-state index in [9.17, 15) is 0 Å². The fraction of sp³-hybridized carbons (Fsp3) is 1.00. The highest BCUT2D eigenvalue weighted by Gasteiger charge is 2.19. The molecule has 0 radical (unpaired) electrons. The summed E-state index contributed by atoms with van der Waals surface area (Å²) in [6.07, 6.45) is 16.2. The first-order valence-corrected chi connectivity index (χ1v) is 10.0. The van der Waals surface area contributed by atoms with Crippen molar-refractivity contribution in [1.82, 2.24) is 0 Å². The second-order valence-electron chi connectivity index (χ2n) is 8.41. The quantitative estimate of drug-likeness (QED) is 0.504. The third-order valence-corrected chi connectivity index (χ3v) is 6.28. The second-order valence-corrected chi connectivity index (χ2v) is 8.41. The van der Waals surface area contributed by atoms with Crippen LogP contribution < -0.4 is 0 Å². The molecule has 21 heavy (non-hydrogen) atoms. The van der Waals surface area contributed by atoms with Crippen LogP contribution in [0.15, 0.2) is 0 Å². The summed E-state index contributed by atoms with van der Waals surface area (Å²) in [5.41, 5.74) is 0. The van der Waals surface area contributed by atoms with Crippen LogP contribution in [0.1, 0.15) is 105 Å². The molecule has 0 spiro atoms. The third-order valence-electron chi connectivity index (χ3n) is 6.28. The predicted octanol–water partition coefficient (Wildman–Crippen LogP) is 7.47. The van der Waals surface area contributed by atoms with Crippen LogP contribution >= 0.6 is 0 Å². The maximum Gasteiger partial charge on any atom is -0.0412 e. The van der Waals surface area contributed by atoms with Crippen molar-refractivity contribution in [3.05, 3.63) is 0 Å². The van der Waals surface area contributed by atoms with Crippen molar-refractivity contribution < 1.29 is 0 Å². The minimum atomic E-state index is 0.961. The molecular formula is C21H42. The van der Waals surface area contributed by atoms with Gasteiger partial charge < -0.3 is 0 Å². The molecule has 0 bridgehead atoms. The lowest BCUT2D eigenvalue weighted by Crippen LogP contribution is -2.14. The molecule has 0 aliphatic heterocycles. The smallest absolute Gasteiger partial charge is 0.0412 e. The Morgan fingerprint density at radius 3 is 1.52 bits per heavy atom. The first kappa shape index (κ1) is 19.0. The minimum absolute atomic E-state index is 0.961. The van der Waals surface area contributed by atoms with Gasteiger partial charge in [0.15, 0.2) is 0 Å². The van der Waals surface area contributed by atoms with E-state index in [-0.39, 0.29) is 0 Å². The van der Waals surface area contributed by atoms with Crippen LogP contribution in [0.3, 0.4) is 0 Å². The van der Waals surface area contributed by atoms with Crippen LogP contribution in [-0.2, 0) is 0 Å². The molecule has 0 nitrogen and oxygen atoms in total. The van der Waals surface area contributed by atoms with Crippen molar-refractivity contribution in [2.45, 2.75) is 105 Å². The topological polar surface area (TPSA) is 0 Å². The van der Waals surface area contributed by atoms with Gasteiger partial charge in [0.2, 0.25) is 0 Å². The van der Waals surface area contributed by atoms with Gasteiger partial charge in [0.05, 0.1) is 0 Å². The molecule has 0 aromatic carbocycles. The van der Waals surface area contributed by atoms with E-state index in [4.69, 9.17) is 0 Å². The standard InChI is InChI=1S/C12H24.C9H18/c1-4-10(2)9-12-7-5-11(3)6-8-12;1-3-9-6-4-8(2)5-7-9/h10-12H,4-9H2,1-3H3;8-9H,3-7H2,1-2H3. The maximum absolute atomic E-state index is 2.40. The molecule has 0 aromatic heterocycles. The zero-order chi connectivity index (χ0) is 15.7. The van der Waals surface area contributed by atoms with Crippen LogP contribution in [0.25, 0.3) is 0 Å². The molecule has 1 unspecified atom stereocenters. The lowest BCUT2D eigenvalue weighted by Gasteiger charge is -2.27. The van der Waals surface area contributed by atoms with E-state index in [1.54, 1.807) is 0 Å². The highest BCUT2D eigenvalue weighted by Crippen LogP contribution is 2.32. The molecule has 0 amide bonds. The molecule has 2 fully saturated rings. The van der Waals surface area contributed by atoms with Crippen molar-refractivity contribution >= 4 is 0 Å². The average Bonchev–Trinajstić information content (AvgIpc) is 2.51. The van der Waals surface area contributed by atoms with Crippen LogP contribution in [0.5, 0.6) is 0 Å². The Morgan fingerprint density at radius 2 is 1.14 bits per heavy atom. The van der Waals surface area contributed by atoms with Gasteiger partial charge in [-0.25, -0.2) is 0 Å². The monoisotopic (exact) mass is 294 g/mol. The summed E-state index contributed by atoms with van der Waals surface area (Å²) in [5, 5.41) is 0. The van der Waals surface area contributed by atoms with Gasteiger partial charge in [0.25, 0.3) is 0 Å². The number of rotatable bonds is 4. The van der Waals surface area contributed by atoms with Crippen molar-refractivity contribution in [3.63, 3.8) is 0 Å². The number of hydrogen-bond donors (Lipinski definition) is 0. The highest BCUT2D eigenvalue weighted by atomic mass is 14.2. The zero-order valence-corrected chi connectivity index (χ0v) is 15.7. The molecule has 0 saturated heterocycles. The SMILES string of the molecule is CCC(C)CC1CCC(C)CC1.CCC1CCC(C)CC1. The van der Waals surface area contributed by atoms with Crippen molar-refractivity contribution in [1.29, 1.82) is 0 Å². The largest absolute Gasteiger partial charge is 0.0651 e. The zero-order valence-electron chi connectivity index (χ0n) is 15.7. The van der Waals surface area contributed by atoms with Crippen LogP contribution in [0.4, 0.5) is 0 Å². The van der Waals surface area contributed by atoms with Gasteiger partial charge in [0, 0.05) is 0 Å². The molecule has 1 atom stereocenters. The van der Waals surface area contributed by atoms with E-state index in [1.165, 1.54) is 70.6 Å². The van der Waals surface area contributed by atoms with Crippen molar-refractivity contribution in [3.8, 4) is 0 Å². The predicted molar refractivity (Wildman–Crippen MR) is 96.6 cm³/mol. The van der Waals surface area contributed by atoms with E-state index in [0.717, 1.165) is 29.6 Å². The summed E-state index contributed by atoms with van der Waals surface area (Å²) in [7, 11) is 0. The Bertz CT molecular complexity index is 228. The van der Waals surface area contributed by atoms with Gasteiger partial charge in [-0.15, -0.1) is 0 Å². The Labute approximate surface area is 135 Å². The van der Waals surface area contributed by atoms with Crippen LogP contribution in [-0.4, -0.2) is 0 Å². The summed E-state index contributed by atoms with van der Waals surface area (Å²) >= 11 is 0. The third kappa shape index (κ3) is 8.27. The van der Waals surface area contributed by atoms with E-state index < -0.39 is 0 Å². The van der Waals surface area contributed by atoms with Crippen LogP contribution in [0, 0.1) is 29.6 Å². The van der Waals surface area contributed by atoms with Gasteiger partial charge in [-0.2, -0.15) is 0 Å². The molecule has 0 heteroatoms. The van der Waals surface area contributed by atoms with E-state index in [0.29, 0.717) is 0 Å². The van der Waals surface area contributed by atoms with Crippen LogP contribution in [0.2, 0.25) is 0 Å². The minimum Gasteiger partial charge on any atom is -0.0651 e. The maximum atomic E-state index is 2.40. The fourth-order valence-corrected chi connectivity index (χ4v) is 4.04. The van der Waals surface area contributed by atoms with Gasteiger partial charge >= 0.3 is 0 Å². The lowest BCUT2D eigenvalue weighted by atomic mass is 9.79. The van der Waals surface area contributed by atoms with Crippen molar-refractivity contribution in [2.75, 3.05) is 0 Å². The van der Waals surface area contributed by atoms with Gasteiger partial charge in [0.1, 0.15) is 0 Å². The molecule has 0 aromatic rings. The fourth-order valence-electron chi connectivity index (χ4n) is 4.04. The molecular weight excluding hydrogens is 252 g/mol. The van der Waals surface area contributed by atoms with E-state index in [2.05, 4.69) is 34.6 Å². The molecule has 2 rings (SSSR count). The average molecular weight is 295 g/mol. The van der Waals surface area contributed by atoms with Gasteiger partial charge in [-0.05, 0) is 36.0 Å². The van der Waals surface area contributed by atoms with Crippen molar-refractivity contribution in [2.24, 2.45) is 29.6 Å². The summed E-state index contributed by atoms with van der Waals surface area (Å²) in [5.74, 6) is 5.13. The normalized spacial score (nSPS) is 34.7. The first-order chi connectivity index (χ1) is 10.0. The molecule has 0 N–H and O–H groups in total. The summed E-state index contributed by atoms with van der Waals surface area (Å²) in [6, 6.07) is 0. The molecule has 2 aliphatic rings. The second kappa shape index (κ2) is 10.7. The molecule has 2 saturated carbocycles. The summed E-state index contributed by atoms with van der Waals surface area (Å²) in [6.45, 7) is 11.8. The highest BCUT2D eigenvalue weighted by molar-refractivity contribution is 4.71. The summed E-state index contributed by atoms with van der Waals surface area (Å²) < 4.78 is 0. The van der Waals surface area contributed by atoms with E-state index >= 15 is 0 Å². The van der Waals surface area contributed by atoms with Gasteiger partial charge in [-0.1, -0.05) is 98.8 Å². The van der Waals surface area contributed by atoms with Gasteiger partial charge in [-0.3, -0.25) is 0 Å². The number of hydrogen-bond acceptors (Lipinski definition) is 0. The summed E-state index contributed by atoms with van der Waals surface area (Å²) in [4.78, 5) is 0. The Kier molecular flexibility index (Phi) is 9.69. The molecule has 2 aliphatic carbocycles. The Hall–Kier alpha value is 0. The van der Waals surface area contributed by atoms with E-state index in [1.807, 2.05) is 0 Å². The molecule has 126 valence electrons.